The number of nitrogens with one attached hydrogen (secondary N) is 1. The van der Waals surface area contributed by atoms with Crippen LogP contribution in [0.3, 0.4) is 0 Å². The van der Waals surface area contributed by atoms with Gasteiger partial charge in [0.25, 0.3) is 0 Å². The minimum absolute atomic E-state index is 0.0437. The van der Waals surface area contributed by atoms with E-state index in [2.05, 4.69) is 5.32 Å². The summed E-state index contributed by atoms with van der Waals surface area (Å²) in [6, 6.07) is -0.806. The Morgan fingerprint density at radius 1 is 1.47 bits per heavy atom. The number of carbonyl (C=O) groups is 2. The molecule has 6 nitrogen and oxygen atoms in total. The van der Waals surface area contributed by atoms with Crippen molar-refractivity contribution in [3.63, 3.8) is 0 Å². The summed E-state index contributed by atoms with van der Waals surface area (Å²) in [4.78, 5) is 22.3. The molecule has 1 unspecified atom stereocenters. The molecule has 1 atom stereocenters. The molecule has 0 aromatic carbocycles. The normalized spacial score (nSPS) is 24.0. The average molecular weight is 234 g/mol. The van der Waals surface area contributed by atoms with Gasteiger partial charge in [-0.2, -0.15) is 4.31 Å². The summed E-state index contributed by atoms with van der Waals surface area (Å²) in [6.45, 7) is 2.93. The van der Waals surface area contributed by atoms with E-state index in [1.807, 2.05) is 0 Å². The van der Waals surface area contributed by atoms with Gasteiger partial charge in [0.15, 0.2) is 0 Å². The predicted octanol–water partition coefficient (Wildman–Crippen LogP) is -0.927. The van der Waals surface area contributed by atoms with Crippen molar-refractivity contribution >= 4 is 21.8 Å². The molecule has 7 heteroatoms. The molecule has 0 spiro atoms. The third-order valence-electron chi connectivity index (χ3n) is 2.19. The number of amides is 2. The van der Waals surface area contributed by atoms with Gasteiger partial charge in [-0.15, -0.1) is 0 Å². The first kappa shape index (κ1) is 12.1. The van der Waals surface area contributed by atoms with Crippen LogP contribution in [0, 0.1) is 0 Å². The third-order valence-corrected chi connectivity index (χ3v) is 4.28. The van der Waals surface area contributed by atoms with E-state index in [9.17, 15) is 18.0 Å². The zero-order valence-corrected chi connectivity index (χ0v) is 9.50. The lowest BCUT2D eigenvalue weighted by atomic mass is 10.2. The molecule has 1 fully saturated rings. The largest absolute Gasteiger partial charge is 0.294 e. The molecule has 0 aromatic heterocycles. The van der Waals surface area contributed by atoms with Gasteiger partial charge in [-0.1, -0.05) is 6.92 Å². The van der Waals surface area contributed by atoms with Crippen molar-refractivity contribution in [3.8, 4) is 0 Å². The third kappa shape index (κ3) is 2.54. The maximum Gasteiger partial charge on any atom is 0.244 e. The number of sulfonamides is 1. The molecule has 1 saturated heterocycles. The van der Waals surface area contributed by atoms with Crippen LogP contribution in [-0.2, 0) is 19.6 Å². The van der Waals surface area contributed by atoms with E-state index in [0.29, 0.717) is 6.42 Å². The molecular formula is C8H14N2O4S. The second-order valence-corrected chi connectivity index (χ2v) is 5.49. The number of nitrogens with zero attached hydrogens (tertiary/aromatic N) is 1. The summed E-state index contributed by atoms with van der Waals surface area (Å²) in [5, 5.41) is 2.09. The first-order chi connectivity index (χ1) is 6.88. The van der Waals surface area contributed by atoms with E-state index in [1.54, 1.807) is 6.92 Å². The van der Waals surface area contributed by atoms with Crippen LogP contribution in [-0.4, -0.2) is 42.9 Å². The summed E-state index contributed by atoms with van der Waals surface area (Å²) < 4.78 is 24.3. The van der Waals surface area contributed by atoms with Crippen molar-refractivity contribution in [2.24, 2.45) is 0 Å². The van der Waals surface area contributed by atoms with Crippen LogP contribution in [0.1, 0.15) is 20.3 Å². The molecule has 1 aliphatic rings. The van der Waals surface area contributed by atoms with Gasteiger partial charge in [0.05, 0.1) is 12.3 Å². The first-order valence-electron chi connectivity index (χ1n) is 4.71. The van der Waals surface area contributed by atoms with Crippen molar-refractivity contribution in [3.05, 3.63) is 0 Å². The summed E-state index contributed by atoms with van der Waals surface area (Å²) in [7, 11) is -3.50. The quantitative estimate of drug-likeness (QED) is 0.640. The van der Waals surface area contributed by atoms with Gasteiger partial charge in [-0.3, -0.25) is 14.9 Å². The highest BCUT2D eigenvalue weighted by Crippen LogP contribution is 2.12. The Morgan fingerprint density at radius 2 is 2.07 bits per heavy atom. The summed E-state index contributed by atoms with van der Waals surface area (Å²) >= 11 is 0. The van der Waals surface area contributed by atoms with Crippen molar-refractivity contribution in [1.29, 1.82) is 0 Å². The van der Waals surface area contributed by atoms with Gasteiger partial charge in [0.2, 0.25) is 21.8 Å². The van der Waals surface area contributed by atoms with E-state index in [0.717, 1.165) is 4.31 Å². The van der Waals surface area contributed by atoms with Gasteiger partial charge in [0, 0.05) is 0 Å². The number of hydrogen-bond donors (Lipinski definition) is 1. The van der Waals surface area contributed by atoms with Crippen LogP contribution < -0.4 is 5.32 Å². The Hall–Kier alpha value is -0.950. The number of piperazine rings is 1. The molecule has 1 N–H and O–H groups in total. The fraction of sp³-hybridized carbons (Fsp3) is 0.750. The van der Waals surface area contributed by atoms with Crippen molar-refractivity contribution < 1.29 is 18.0 Å². The summed E-state index contributed by atoms with van der Waals surface area (Å²) in [5.74, 6) is -1.18. The minimum Gasteiger partial charge on any atom is -0.294 e. The molecule has 0 aromatic rings. The lowest BCUT2D eigenvalue weighted by molar-refractivity contribution is -0.136. The Kier molecular flexibility index (Phi) is 3.46. The van der Waals surface area contributed by atoms with Crippen LogP contribution in [0.4, 0.5) is 0 Å². The van der Waals surface area contributed by atoms with Crippen molar-refractivity contribution in [2.75, 3.05) is 12.3 Å². The molecule has 1 aliphatic heterocycles. The van der Waals surface area contributed by atoms with E-state index in [4.69, 9.17) is 0 Å². The van der Waals surface area contributed by atoms with E-state index in [-0.39, 0.29) is 12.3 Å². The van der Waals surface area contributed by atoms with Gasteiger partial charge >= 0.3 is 0 Å². The lowest BCUT2D eigenvalue weighted by Gasteiger charge is -2.30. The van der Waals surface area contributed by atoms with Gasteiger partial charge in [-0.05, 0) is 13.3 Å². The molecule has 15 heavy (non-hydrogen) atoms. The molecule has 1 heterocycles. The zero-order valence-electron chi connectivity index (χ0n) is 8.69. The highest BCUT2D eigenvalue weighted by molar-refractivity contribution is 7.89. The molecule has 0 aliphatic carbocycles. The van der Waals surface area contributed by atoms with Crippen LogP contribution in [0.15, 0.2) is 0 Å². The topological polar surface area (TPSA) is 83.6 Å². The Bertz CT molecular complexity index is 376. The summed E-state index contributed by atoms with van der Waals surface area (Å²) in [5.41, 5.74) is 0. The zero-order chi connectivity index (χ0) is 11.6. The average Bonchev–Trinajstić information content (AvgIpc) is 2.11. The fourth-order valence-corrected chi connectivity index (χ4v) is 3.05. The van der Waals surface area contributed by atoms with Gasteiger partial charge in [-0.25, -0.2) is 8.42 Å². The van der Waals surface area contributed by atoms with Gasteiger partial charge in [0.1, 0.15) is 6.04 Å². The summed E-state index contributed by atoms with van der Waals surface area (Å²) in [6.07, 6.45) is 0.460. The molecule has 2 amide bonds. The minimum atomic E-state index is -3.50. The van der Waals surface area contributed by atoms with Crippen LogP contribution >= 0.6 is 0 Å². The van der Waals surface area contributed by atoms with Crippen molar-refractivity contribution in [2.45, 2.75) is 26.3 Å². The number of imide groups is 1. The molecule has 86 valence electrons. The monoisotopic (exact) mass is 234 g/mol. The fourth-order valence-electron chi connectivity index (χ4n) is 1.41. The lowest BCUT2D eigenvalue weighted by Crippen LogP contribution is -2.58. The maximum absolute atomic E-state index is 11.7. The number of rotatable bonds is 3. The Morgan fingerprint density at radius 3 is 2.60 bits per heavy atom. The first-order valence-corrected chi connectivity index (χ1v) is 6.32. The second kappa shape index (κ2) is 4.28. The van der Waals surface area contributed by atoms with E-state index in [1.165, 1.54) is 6.92 Å². The van der Waals surface area contributed by atoms with E-state index >= 15 is 0 Å². The van der Waals surface area contributed by atoms with E-state index < -0.39 is 27.9 Å². The second-order valence-electron chi connectivity index (χ2n) is 3.45. The Balaban J connectivity index is 2.93. The van der Waals surface area contributed by atoms with Gasteiger partial charge < -0.3 is 0 Å². The SMILES string of the molecule is CCCS(=O)(=O)N1CC(=O)NC(=O)C1C. The van der Waals surface area contributed by atoms with Crippen LogP contribution in [0.5, 0.6) is 0 Å². The molecule has 0 saturated carbocycles. The smallest absolute Gasteiger partial charge is 0.244 e. The predicted molar refractivity (Wildman–Crippen MR) is 53.4 cm³/mol. The number of hydrogen-bond acceptors (Lipinski definition) is 4. The standard InChI is InChI=1S/C8H14N2O4S/c1-3-4-15(13,14)10-5-7(11)9-8(12)6(10)2/h6H,3-5H2,1-2H3,(H,9,11,12). The molecule has 1 rings (SSSR count). The molecule has 0 radical (unpaired) electrons. The number of carbonyl (C=O) groups excluding carboxylic acids is 2. The molecular weight excluding hydrogens is 220 g/mol. The molecule has 0 bridgehead atoms. The Labute approximate surface area is 88.7 Å². The maximum atomic E-state index is 11.7. The van der Waals surface area contributed by atoms with Crippen molar-refractivity contribution in [1.82, 2.24) is 9.62 Å². The van der Waals surface area contributed by atoms with Crippen LogP contribution in [0.25, 0.3) is 0 Å². The highest BCUT2D eigenvalue weighted by Gasteiger charge is 2.37. The van der Waals surface area contributed by atoms with Crippen LogP contribution in [0.2, 0.25) is 0 Å². The highest BCUT2D eigenvalue weighted by atomic mass is 32.2.